The molecule has 0 bridgehead atoms. The van der Waals surface area contributed by atoms with Crippen LogP contribution in [-0.2, 0) is 14.8 Å². The minimum atomic E-state index is -3.78. The molecular weight excluding hydrogens is 450 g/mol. The summed E-state index contributed by atoms with van der Waals surface area (Å²) in [6.07, 6.45) is 2.00. The summed E-state index contributed by atoms with van der Waals surface area (Å²) in [5.41, 5.74) is 3.04. The molecule has 6 nitrogen and oxygen atoms in total. The van der Waals surface area contributed by atoms with Gasteiger partial charge in [0.1, 0.15) is 10.3 Å². The number of halogens is 1. The minimum absolute atomic E-state index is 0.160. The van der Waals surface area contributed by atoms with Crippen molar-refractivity contribution in [1.29, 1.82) is 0 Å². The van der Waals surface area contributed by atoms with Crippen LogP contribution >= 0.6 is 34.3 Å². The van der Waals surface area contributed by atoms with Gasteiger partial charge in [0.25, 0.3) is 10.0 Å². The molecule has 3 heterocycles. The number of rotatable bonds is 4. The van der Waals surface area contributed by atoms with Gasteiger partial charge in [-0.2, -0.15) is 4.31 Å². The third-order valence-electron chi connectivity index (χ3n) is 4.93. The second-order valence-electron chi connectivity index (χ2n) is 7.12. The smallest absolute Gasteiger partial charge is 0.253 e. The Hall–Kier alpha value is -1.52. The maximum Gasteiger partial charge on any atom is 0.253 e. The third kappa shape index (κ3) is 4.06. The summed E-state index contributed by atoms with van der Waals surface area (Å²) < 4.78 is 29.0. The molecule has 1 aromatic carbocycles. The van der Waals surface area contributed by atoms with E-state index in [0.717, 1.165) is 45.5 Å². The number of thiophene rings is 1. The maximum absolute atomic E-state index is 13.1. The zero-order valence-electron chi connectivity index (χ0n) is 15.9. The van der Waals surface area contributed by atoms with Crippen LogP contribution in [0.3, 0.4) is 0 Å². The molecule has 1 amide bonds. The highest BCUT2D eigenvalue weighted by Gasteiger charge is 2.38. The zero-order valence-corrected chi connectivity index (χ0v) is 19.1. The Labute approximate surface area is 182 Å². The lowest BCUT2D eigenvalue weighted by Gasteiger charge is -2.32. The van der Waals surface area contributed by atoms with Gasteiger partial charge in [-0.3, -0.25) is 4.79 Å². The third-order valence-corrected chi connectivity index (χ3v) is 9.45. The first-order chi connectivity index (χ1) is 13.8. The molecule has 1 fully saturated rings. The molecule has 2 aromatic heterocycles. The highest BCUT2D eigenvalue weighted by atomic mass is 35.5. The molecular formula is C19H20ClN3O3S3. The van der Waals surface area contributed by atoms with E-state index in [-0.39, 0.29) is 10.1 Å². The van der Waals surface area contributed by atoms with E-state index < -0.39 is 16.1 Å². The Morgan fingerprint density at radius 1 is 1.24 bits per heavy atom. The van der Waals surface area contributed by atoms with Gasteiger partial charge < -0.3 is 5.32 Å². The van der Waals surface area contributed by atoms with Gasteiger partial charge in [-0.1, -0.05) is 35.4 Å². The number of hydrogen-bond acceptors (Lipinski definition) is 6. The lowest BCUT2D eigenvalue weighted by atomic mass is 10.0. The summed E-state index contributed by atoms with van der Waals surface area (Å²) in [6, 6.07) is 6.38. The number of sulfonamides is 1. The molecule has 1 N–H and O–H groups in total. The number of thiazole rings is 1. The van der Waals surface area contributed by atoms with Gasteiger partial charge in [-0.05, 0) is 56.0 Å². The maximum atomic E-state index is 13.1. The fourth-order valence-electron chi connectivity index (χ4n) is 3.62. The monoisotopic (exact) mass is 469 g/mol. The van der Waals surface area contributed by atoms with Crippen molar-refractivity contribution in [1.82, 2.24) is 9.29 Å². The topological polar surface area (TPSA) is 79.4 Å². The average Bonchev–Trinajstić information content (AvgIpc) is 3.28. The van der Waals surface area contributed by atoms with Crippen LogP contribution in [0.2, 0.25) is 4.34 Å². The van der Waals surface area contributed by atoms with E-state index in [1.165, 1.54) is 21.7 Å². The molecule has 1 atom stereocenters. The van der Waals surface area contributed by atoms with E-state index in [0.29, 0.717) is 22.4 Å². The van der Waals surface area contributed by atoms with Crippen molar-refractivity contribution in [3.63, 3.8) is 0 Å². The molecule has 10 heteroatoms. The standard InChI is InChI=1S/C19H20ClN3O3S3/c1-11-9-12(2)17-14(10-11)27-19(21-17)22-18(24)13-5-3-4-8-23(13)29(25,26)16-7-6-15(20)28-16/h6-7,9-10,13H,3-5,8H2,1-2H3,(H,21,22,24). The van der Waals surface area contributed by atoms with E-state index in [1.807, 2.05) is 19.9 Å². The molecule has 1 unspecified atom stereocenters. The number of aromatic nitrogens is 1. The van der Waals surface area contributed by atoms with E-state index in [9.17, 15) is 13.2 Å². The van der Waals surface area contributed by atoms with Crippen LogP contribution in [0.25, 0.3) is 10.2 Å². The number of hydrogen-bond donors (Lipinski definition) is 1. The van der Waals surface area contributed by atoms with Gasteiger partial charge in [0.2, 0.25) is 5.91 Å². The van der Waals surface area contributed by atoms with Gasteiger partial charge in [0.15, 0.2) is 5.13 Å². The number of aryl methyl sites for hydroxylation is 2. The number of amides is 1. The van der Waals surface area contributed by atoms with E-state index in [4.69, 9.17) is 11.6 Å². The number of anilines is 1. The number of carbonyl (C=O) groups is 1. The Bertz CT molecular complexity index is 1190. The van der Waals surface area contributed by atoms with Gasteiger partial charge in [0, 0.05) is 6.54 Å². The molecule has 154 valence electrons. The molecule has 29 heavy (non-hydrogen) atoms. The predicted molar refractivity (Wildman–Crippen MR) is 119 cm³/mol. The zero-order chi connectivity index (χ0) is 20.8. The second-order valence-corrected chi connectivity index (χ2v) is 12.0. The van der Waals surface area contributed by atoms with Crippen molar-refractivity contribution in [2.24, 2.45) is 0 Å². The highest BCUT2D eigenvalue weighted by Crippen LogP contribution is 2.33. The Kier molecular flexibility index (Phi) is 5.69. The second kappa shape index (κ2) is 7.96. The summed E-state index contributed by atoms with van der Waals surface area (Å²) in [6.45, 7) is 4.32. The number of piperidine rings is 1. The van der Waals surface area contributed by atoms with Crippen LogP contribution in [0.5, 0.6) is 0 Å². The van der Waals surface area contributed by atoms with Gasteiger partial charge >= 0.3 is 0 Å². The quantitative estimate of drug-likeness (QED) is 0.594. The fourth-order valence-corrected chi connectivity index (χ4v) is 7.93. The van der Waals surface area contributed by atoms with Crippen molar-refractivity contribution in [3.05, 3.63) is 39.7 Å². The molecule has 1 aliphatic rings. The first-order valence-corrected chi connectivity index (χ1v) is 12.7. The molecule has 0 saturated carbocycles. The molecule has 3 aromatic rings. The van der Waals surface area contributed by atoms with E-state index >= 15 is 0 Å². The van der Waals surface area contributed by atoms with Crippen molar-refractivity contribution in [2.45, 2.75) is 43.4 Å². The van der Waals surface area contributed by atoms with Crippen LogP contribution in [0.1, 0.15) is 30.4 Å². The van der Waals surface area contributed by atoms with Crippen LogP contribution < -0.4 is 5.32 Å². The summed E-state index contributed by atoms with van der Waals surface area (Å²) in [5, 5.41) is 3.33. The van der Waals surface area contributed by atoms with Crippen LogP contribution in [0.4, 0.5) is 5.13 Å². The lowest BCUT2D eigenvalue weighted by molar-refractivity contribution is -0.120. The summed E-state index contributed by atoms with van der Waals surface area (Å²) in [4.78, 5) is 17.6. The molecule has 1 aliphatic heterocycles. The first-order valence-electron chi connectivity index (χ1n) is 9.21. The Balaban J connectivity index is 1.60. The highest BCUT2D eigenvalue weighted by molar-refractivity contribution is 7.91. The molecule has 1 saturated heterocycles. The van der Waals surface area contributed by atoms with Gasteiger partial charge in [0.05, 0.1) is 14.6 Å². The minimum Gasteiger partial charge on any atom is -0.301 e. The molecule has 4 rings (SSSR count). The largest absolute Gasteiger partial charge is 0.301 e. The van der Waals surface area contributed by atoms with Crippen LogP contribution in [0.15, 0.2) is 28.5 Å². The van der Waals surface area contributed by atoms with Gasteiger partial charge in [-0.15, -0.1) is 11.3 Å². The summed E-state index contributed by atoms with van der Waals surface area (Å²) in [7, 11) is -3.78. The predicted octanol–water partition coefficient (Wildman–Crippen LogP) is 4.81. The SMILES string of the molecule is Cc1cc(C)c2nc(NC(=O)C3CCCCN3S(=O)(=O)c3ccc(Cl)s3)sc2c1. The normalized spacial score (nSPS) is 18.2. The van der Waals surface area contributed by atoms with Crippen LogP contribution in [-0.4, -0.2) is 36.2 Å². The average molecular weight is 470 g/mol. The van der Waals surface area contributed by atoms with E-state index in [2.05, 4.69) is 16.4 Å². The number of nitrogens with one attached hydrogen (secondary N) is 1. The van der Waals surface area contributed by atoms with Crippen molar-refractivity contribution >= 4 is 65.6 Å². The molecule has 0 aliphatic carbocycles. The van der Waals surface area contributed by atoms with Crippen molar-refractivity contribution in [3.8, 4) is 0 Å². The van der Waals surface area contributed by atoms with Crippen molar-refractivity contribution in [2.75, 3.05) is 11.9 Å². The number of benzene rings is 1. The van der Waals surface area contributed by atoms with Crippen molar-refractivity contribution < 1.29 is 13.2 Å². The van der Waals surface area contributed by atoms with E-state index in [1.54, 1.807) is 6.07 Å². The number of nitrogens with zero attached hydrogens (tertiary/aromatic N) is 2. The molecule has 0 radical (unpaired) electrons. The molecule has 0 spiro atoms. The first kappa shape index (κ1) is 20.7. The van der Waals surface area contributed by atoms with Crippen LogP contribution in [0, 0.1) is 13.8 Å². The Morgan fingerprint density at radius 2 is 2.03 bits per heavy atom. The Morgan fingerprint density at radius 3 is 2.76 bits per heavy atom. The van der Waals surface area contributed by atoms with Gasteiger partial charge in [-0.25, -0.2) is 13.4 Å². The number of fused-ring (bicyclic) bond motifs is 1. The fraction of sp³-hybridized carbons (Fsp3) is 0.368. The summed E-state index contributed by atoms with van der Waals surface area (Å²) >= 11 is 8.33. The summed E-state index contributed by atoms with van der Waals surface area (Å²) in [5.74, 6) is -0.343. The lowest BCUT2D eigenvalue weighted by Crippen LogP contribution is -2.49. The number of carbonyl (C=O) groups excluding carboxylic acids is 1.